The van der Waals surface area contributed by atoms with Crippen molar-refractivity contribution >= 4 is 11.5 Å². The number of nitrogen functional groups attached to an aromatic ring is 1. The van der Waals surface area contributed by atoms with E-state index in [1.807, 2.05) is 17.1 Å². The number of hydrogen-bond donors (Lipinski definition) is 1. The zero-order chi connectivity index (χ0) is 21.1. The van der Waals surface area contributed by atoms with Gasteiger partial charge in [0.1, 0.15) is 0 Å². The van der Waals surface area contributed by atoms with Crippen LogP contribution in [0, 0.1) is 0 Å². The molecule has 3 aromatic heterocycles. The molecule has 0 aliphatic heterocycles. The average Bonchev–Trinajstić information content (AvgIpc) is 3.37. The van der Waals surface area contributed by atoms with E-state index in [0.717, 1.165) is 78.1 Å². The highest BCUT2D eigenvalue weighted by atomic mass is 15.3. The summed E-state index contributed by atoms with van der Waals surface area (Å²) in [5.74, 6) is 0.333. The van der Waals surface area contributed by atoms with Gasteiger partial charge < -0.3 is 10.6 Å². The first kappa shape index (κ1) is 20.2. The second kappa shape index (κ2) is 8.75. The smallest absolute Gasteiger partial charge is 0.220 e. The van der Waals surface area contributed by atoms with Gasteiger partial charge >= 0.3 is 0 Å². The number of pyridine rings is 1. The summed E-state index contributed by atoms with van der Waals surface area (Å²) in [7, 11) is 4.13. The van der Waals surface area contributed by atoms with Gasteiger partial charge in [-0.25, -0.2) is 9.97 Å². The van der Waals surface area contributed by atoms with Crippen LogP contribution in [-0.4, -0.2) is 50.3 Å². The van der Waals surface area contributed by atoms with Crippen LogP contribution in [0.3, 0.4) is 0 Å². The first-order chi connectivity index (χ1) is 14.5. The Morgan fingerprint density at radius 3 is 2.80 bits per heavy atom. The van der Waals surface area contributed by atoms with Crippen molar-refractivity contribution in [3.8, 4) is 11.1 Å². The molecule has 0 saturated carbocycles. The quantitative estimate of drug-likeness (QED) is 0.622. The first-order valence-corrected chi connectivity index (χ1v) is 10.5. The Balaban J connectivity index is 1.62. The molecule has 0 bridgehead atoms. The molecule has 0 aromatic carbocycles. The number of hydrogen-bond acceptors (Lipinski definition) is 6. The summed E-state index contributed by atoms with van der Waals surface area (Å²) in [6.07, 6.45) is 12.0. The number of allylic oxidation sites excluding steroid dienone is 1. The molecule has 0 unspecified atom stereocenters. The Morgan fingerprint density at radius 2 is 2.00 bits per heavy atom. The topological polar surface area (TPSA) is 85.8 Å². The van der Waals surface area contributed by atoms with E-state index in [-0.39, 0.29) is 0 Å². The third-order valence-electron chi connectivity index (χ3n) is 5.36. The molecule has 0 fully saturated rings. The van der Waals surface area contributed by atoms with Gasteiger partial charge in [-0.1, -0.05) is 19.4 Å². The molecule has 0 atom stereocenters. The number of fused-ring (bicyclic) bond motifs is 1. The summed E-state index contributed by atoms with van der Waals surface area (Å²) in [6.45, 7) is 3.99. The number of nitrogens with two attached hydrogens (primary N) is 1. The number of aryl methyl sites for hydroxylation is 1. The monoisotopic (exact) mass is 403 g/mol. The van der Waals surface area contributed by atoms with E-state index in [9.17, 15) is 0 Å². The Labute approximate surface area is 177 Å². The van der Waals surface area contributed by atoms with Crippen molar-refractivity contribution in [2.75, 3.05) is 26.4 Å². The van der Waals surface area contributed by atoms with E-state index in [0.29, 0.717) is 5.95 Å². The number of nitrogens with zero attached hydrogens (tertiary/aromatic N) is 6. The van der Waals surface area contributed by atoms with Gasteiger partial charge in [-0.05, 0) is 39.1 Å². The van der Waals surface area contributed by atoms with Crippen LogP contribution in [0.25, 0.3) is 16.7 Å². The van der Waals surface area contributed by atoms with Crippen LogP contribution in [0.4, 0.5) is 5.95 Å². The Kier molecular flexibility index (Phi) is 5.90. The second-order valence-electron chi connectivity index (χ2n) is 8.04. The highest BCUT2D eigenvalue weighted by Gasteiger charge is 2.20. The van der Waals surface area contributed by atoms with E-state index in [1.165, 1.54) is 0 Å². The van der Waals surface area contributed by atoms with Crippen molar-refractivity contribution in [1.82, 2.24) is 29.6 Å². The maximum Gasteiger partial charge on any atom is 0.220 e. The van der Waals surface area contributed by atoms with Gasteiger partial charge in [0.25, 0.3) is 0 Å². The largest absolute Gasteiger partial charge is 0.368 e. The molecule has 0 saturated heterocycles. The van der Waals surface area contributed by atoms with E-state index in [1.54, 1.807) is 0 Å². The van der Waals surface area contributed by atoms with Crippen LogP contribution in [0.5, 0.6) is 0 Å². The fourth-order valence-corrected chi connectivity index (χ4v) is 3.68. The van der Waals surface area contributed by atoms with E-state index < -0.39 is 0 Å². The summed E-state index contributed by atoms with van der Waals surface area (Å²) in [5, 5.41) is 4.50. The van der Waals surface area contributed by atoms with Gasteiger partial charge in [-0.15, -0.1) is 0 Å². The lowest BCUT2D eigenvalue weighted by atomic mass is 10.0. The average molecular weight is 404 g/mol. The zero-order valence-corrected chi connectivity index (χ0v) is 18.0. The normalized spacial score (nSPS) is 13.0. The minimum atomic E-state index is 0.333. The van der Waals surface area contributed by atoms with Crippen LogP contribution >= 0.6 is 0 Å². The Morgan fingerprint density at radius 1 is 1.13 bits per heavy atom. The molecule has 3 aromatic rings. The zero-order valence-electron chi connectivity index (χ0n) is 18.0. The fraction of sp³-hybridized carbons (Fsp3) is 0.391. The molecule has 0 radical (unpaired) electrons. The maximum atomic E-state index is 6.01. The van der Waals surface area contributed by atoms with Crippen LogP contribution in [0.2, 0.25) is 0 Å². The van der Waals surface area contributed by atoms with Gasteiger partial charge in [0, 0.05) is 53.3 Å². The number of aromatic nitrogens is 5. The van der Waals surface area contributed by atoms with Gasteiger partial charge in [0.05, 0.1) is 24.1 Å². The molecule has 4 rings (SSSR count). The fourth-order valence-electron chi connectivity index (χ4n) is 3.68. The summed E-state index contributed by atoms with van der Waals surface area (Å²) >= 11 is 0. The van der Waals surface area contributed by atoms with Gasteiger partial charge in [-0.2, -0.15) is 5.10 Å². The molecular weight excluding hydrogens is 374 g/mol. The highest BCUT2D eigenvalue weighted by molar-refractivity contribution is 5.84. The molecule has 30 heavy (non-hydrogen) atoms. The molecule has 3 heterocycles. The number of likely N-dealkylation sites (N-methyl/N-ethyl adjacent to an activating group) is 1. The standard InChI is InChI=1S/C23H29N7/c1-4-5-6-18-12-22(28-23(24)27-18)19-7-8-21-20(19)11-16(13-25-21)17-14-26-30(15-17)10-9-29(2)3/h7,11-15H,4-6,8-10H2,1-3H3,(H2,24,27,28). The molecular formula is C23H29N7. The molecule has 7 heteroatoms. The van der Waals surface area contributed by atoms with Gasteiger partial charge in [-0.3, -0.25) is 9.67 Å². The van der Waals surface area contributed by atoms with Crippen molar-refractivity contribution in [3.63, 3.8) is 0 Å². The van der Waals surface area contributed by atoms with Gasteiger partial charge in [0.15, 0.2) is 0 Å². The Bertz CT molecular complexity index is 1070. The molecule has 1 aliphatic rings. The number of unbranched alkanes of at least 4 members (excludes halogenated alkanes) is 1. The van der Waals surface area contributed by atoms with E-state index >= 15 is 0 Å². The number of anilines is 1. The lowest BCUT2D eigenvalue weighted by Crippen LogP contribution is -2.18. The second-order valence-corrected chi connectivity index (χ2v) is 8.04. The molecule has 1 aliphatic carbocycles. The lowest BCUT2D eigenvalue weighted by Gasteiger charge is -2.10. The van der Waals surface area contributed by atoms with E-state index in [4.69, 9.17) is 10.7 Å². The Hall–Kier alpha value is -3.06. The molecule has 0 spiro atoms. The van der Waals surface area contributed by atoms with Crippen molar-refractivity contribution < 1.29 is 0 Å². The summed E-state index contributed by atoms with van der Waals surface area (Å²) in [6, 6.07) is 4.26. The SMILES string of the molecule is CCCCc1cc(C2=CCc3ncc(-c4cnn(CCN(C)C)c4)cc32)nc(N)n1. The van der Waals surface area contributed by atoms with Crippen LogP contribution in [0.1, 0.15) is 42.4 Å². The van der Waals surface area contributed by atoms with Crippen molar-refractivity contribution in [2.45, 2.75) is 39.2 Å². The number of rotatable bonds is 8. The maximum absolute atomic E-state index is 6.01. The first-order valence-electron chi connectivity index (χ1n) is 10.5. The van der Waals surface area contributed by atoms with Gasteiger partial charge in [0.2, 0.25) is 5.95 Å². The predicted molar refractivity (Wildman–Crippen MR) is 120 cm³/mol. The third-order valence-corrected chi connectivity index (χ3v) is 5.36. The molecule has 7 nitrogen and oxygen atoms in total. The van der Waals surface area contributed by atoms with Crippen LogP contribution in [0.15, 0.2) is 36.8 Å². The third kappa shape index (κ3) is 4.41. The van der Waals surface area contributed by atoms with Crippen molar-refractivity contribution in [3.05, 3.63) is 59.4 Å². The van der Waals surface area contributed by atoms with Crippen LogP contribution in [-0.2, 0) is 19.4 Å². The molecule has 0 amide bonds. The molecule has 2 N–H and O–H groups in total. The summed E-state index contributed by atoms with van der Waals surface area (Å²) in [4.78, 5) is 15.8. The predicted octanol–water partition coefficient (Wildman–Crippen LogP) is 3.21. The lowest BCUT2D eigenvalue weighted by molar-refractivity contribution is 0.373. The summed E-state index contributed by atoms with van der Waals surface area (Å²) < 4.78 is 1.98. The minimum Gasteiger partial charge on any atom is -0.368 e. The van der Waals surface area contributed by atoms with Crippen LogP contribution < -0.4 is 5.73 Å². The highest BCUT2D eigenvalue weighted by Crippen LogP contribution is 2.34. The molecule has 156 valence electrons. The minimum absolute atomic E-state index is 0.333. The van der Waals surface area contributed by atoms with E-state index in [2.05, 4.69) is 65.4 Å². The van der Waals surface area contributed by atoms with Crippen molar-refractivity contribution in [1.29, 1.82) is 0 Å². The summed E-state index contributed by atoms with van der Waals surface area (Å²) in [5.41, 5.74) is 13.3. The van der Waals surface area contributed by atoms with Crippen molar-refractivity contribution in [2.24, 2.45) is 0 Å².